The van der Waals surface area contributed by atoms with Gasteiger partial charge in [-0.05, 0) is 51.0 Å². The molecule has 4 rings (SSSR count). The third-order valence-corrected chi connectivity index (χ3v) is 8.27. The third kappa shape index (κ3) is 8.47. The summed E-state index contributed by atoms with van der Waals surface area (Å²) in [6.45, 7) is 12.6. The van der Waals surface area contributed by atoms with Crippen molar-refractivity contribution in [2.75, 3.05) is 18.5 Å². The molecule has 1 saturated heterocycles. The van der Waals surface area contributed by atoms with E-state index in [1.165, 1.54) is 17.0 Å². The van der Waals surface area contributed by atoms with Crippen LogP contribution in [0.3, 0.4) is 0 Å². The fourth-order valence-corrected chi connectivity index (χ4v) is 5.66. The van der Waals surface area contributed by atoms with E-state index in [9.17, 15) is 24.0 Å². The van der Waals surface area contributed by atoms with E-state index in [1.54, 1.807) is 65.0 Å². The van der Waals surface area contributed by atoms with Crippen molar-refractivity contribution in [1.82, 2.24) is 15.1 Å². The number of urea groups is 1. The molecule has 12 heteroatoms. The highest BCUT2D eigenvalue weighted by atomic mass is 35.5. The number of carbonyl (C=O) groups is 5. The molecule has 1 heterocycles. The molecule has 0 radical (unpaired) electrons. The maximum Gasteiger partial charge on any atom is 0.330 e. The van der Waals surface area contributed by atoms with Crippen molar-refractivity contribution in [2.24, 2.45) is 5.41 Å². The van der Waals surface area contributed by atoms with E-state index in [2.05, 4.69) is 10.6 Å². The topological polar surface area (TPSA) is 134 Å². The number of aryl methyl sites for hydroxylation is 2. The molecule has 3 atom stereocenters. The Kier molecular flexibility index (Phi) is 11.8. The number of anilines is 1. The number of carbonyl (C=O) groups excluding carboxylic acids is 5. The predicted molar refractivity (Wildman–Crippen MR) is 186 cm³/mol. The van der Waals surface area contributed by atoms with Gasteiger partial charge in [0.2, 0.25) is 12.3 Å². The standard InChI is InChI=1S/C37H43ClN4O7/c1-8-39-33(45)30(26-17-15-22(3)19-23(26)4)49-25-16-18-27(38)28(20-25)40-32(44)29(31(43)37(5,6)7)42-34(46)35(48-9-2)41(36(42)47)21-24-13-11-10-12-14-24/h10-20,29-30,35H,8-9,21H2,1-7H3,(H,39,45)(H,40,44). The van der Waals surface area contributed by atoms with E-state index in [1.807, 2.05) is 38.1 Å². The molecule has 2 N–H and O–H groups in total. The molecule has 1 aliphatic rings. The summed E-state index contributed by atoms with van der Waals surface area (Å²) in [5.74, 6) is -2.61. The number of ether oxygens (including phenoxy) is 2. The lowest BCUT2D eigenvalue weighted by molar-refractivity contribution is -0.149. The van der Waals surface area contributed by atoms with Crippen LogP contribution < -0.4 is 15.4 Å². The largest absolute Gasteiger partial charge is 0.476 e. The number of ketones is 1. The minimum absolute atomic E-state index is 0.0169. The molecule has 0 bridgehead atoms. The summed E-state index contributed by atoms with van der Waals surface area (Å²) in [5.41, 5.74) is 2.19. The highest BCUT2D eigenvalue weighted by Crippen LogP contribution is 2.33. The zero-order valence-corrected chi connectivity index (χ0v) is 29.6. The van der Waals surface area contributed by atoms with Crippen molar-refractivity contribution in [3.63, 3.8) is 0 Å². The van der Waals surface area contributed by atoms with Crippen LogP contribution in [0.25, 0.3) is 0 Å². The maximum absolute atomic E-state index is 14.1. The summed E-state index contributed by atoms with van der Waals surface area (Å²) < 4.78 is 11.9. The zero-order valence-electron chi connectivity index (χ0n) is 28.8. The number of hydrogen-bond donors (Lipinski definition) is 2. The van der Waals surface area contributed by atoms with Gasteiger partial charge in [-0.2, -0.15) is 0 Å². The lowest BCUT2D eigenvalue weighted by Gasteiger charge is -2.29. The van der Waals surface area contributed by atoms with Crippen LogP contribution in [-0.4, -0.2) is 64.8 Å². The van der Waals surface area contributed by atoms with Gasteiger partial charge < -0.3 is 20.1 Å². The molecule has 49 heavy (non-hydrogen) atoms. The first-order valence-corrected chi connectivity index (χ1v) is 16.5. The molecule has 1 fully saturated rings. The molecular formula is C37H43ClN4O7. The van der Waals surface area contributed by atoms with E-state index in [-0.39, 0.29) is 35.5 Å². The van der Waals surface area contributed by atoms with Gasteiger partial charge in [0.1, 0.15) is 5.75 Å². The van der Waals surface area contributed by atoms with E-state index in [0.717, 1.165) is 16.7 Å². The van der Waals surface area contributed by atoms with Gasteiger partial charge in [0.05, 0.1) is 17.3 Å². The normalized spacial score (nSPS) is 16.0. The van der Waals surface area contributed by atoms with Gasteiger partial charge in [-0.3, -0.25) is 24.1 Å². The molecule has 1 aliphatic heterocycles. The second-order valence-electron chi connectivity index (χ2n) is 12.8. The van der Waals surface area contributed by atoms with Crippen molar-refractivity contribution < 1.29 is 33.4 Å². The second kappa shape index (κ2) is 15.7. The van der Waals surface area contributed by atoms with Crippen molar-refractivity contribution in [3.05, 3.63) is 94.0 Å². The number of hydrogen-bond acceptors (Lipinski definition) is 7. The highest BCUT2D eigenvalue weighted by molar-refractivity contribution is 6.34. The summed E-state index contributed by atoms with van der Waals surface area (Å²) in [6.07, 6.45) is -2.36. The van der Waals surface area contributed by atoms with Crippen LogP contribution in [0.1, 0.15) is 63.0 Å². The number of likely N-dealkylation sites (N-methyl/N-ethyl adjacent to an activating group) is 1. The fraction of sp³-hybridized carbons (Fsp3) is 0.378. The summed E-state index contributed by atoms with van der Waals surface area (Å²) >= 11 is 6.51. The van der Waals surface area contributed by atoms with Gasteiger partial charge in [0.25, 0.3) is 17.7 Å². The van der Waals surface area contributed by atoms with Gasteiger partial charge >= 0.3 is 6.03 Å². The molecule has 260 valence electrons. The Morgan fingerprint density at radius 3 is 2.24 bits per heavy atom. The van der Waals surface area contributed by atoms with Crippen molar-refractivity contribution >= 4 is 46.8 Å². The molecule has 0 aliphatic carbocycles. The lowest BCUT2D eigenvalue weighted by Crippen LogP contribution is -2.55. The molecule has 0 spiro atoms. The Morgan fingerprint density at radius 2 is 1.63 bits per heavy atom. The predicted octanol–water partition coefficient (Wildman–Crippen LogP) is 5.96. The minimum Gasteiger partial charge on any atom is -0.476 e. The number of benzene rings is 3. The van der Waals surface area contributed by atoms with E-state index in [0.29, 0.717) is 17.0 Å². The van der Waals surface area contributed by atoms with Gasteiger partial charge in [0.15, 0.2) is 11.8 Å². The molecule has 3 unspecified atom stereocenters. The van der Waals surface area contributed by atoms with Crippen LogP contribution in [-0.2, 0) is 30.5 Å². The lowest BCUT2D eigenvalue weighted by atomic mass is 9.85. The number of nitrogens with zero attached hydrogens (tertiary/aromatic N) is 2. The van der Waals surface area contributed by atoms with Crippen LogP contribution in [0.2, 0.25) is 5.02 Å². The first-order valence-electron chi connectivity index (χ1n) is 16.1. The molecule has 3 aromatic carbocycles. The zero-order chi connectivity index (χ0) is 36.0. The van der Waals surface area contributed by atoms with Crippen molar-refractivity contribution in [3.8, 4) is 5.75 Å². The number of amides is 5. The van der Waals surface area contributed by atoms with Gasteiger partial charge in [-0.1, -0.05) is 86.5 Å². The van der Waals surface area contributed by atoms with Crippen molar-refractivity contribution in [2.45, 2.75) is 73.4 Å². The van der Waals surface area contributed by atoms with E-state index >= 15 is 0 Å². The quantitative estimate of drug-likeness (QED) is 0.167. The Morgan fingerprint density at radius 1 is 0.939 bits per heavy atom. The number of halogens is 1. The Bertz CT molecular complexity index is 1720. The van der Waals surface area contributed by atoms with Gasteiger partial charge in [-0.15, -0.1) is 0 Å². The smallest absolute Gasteiger partial charge is 0.330 e. The molecule has 11 nitrogen and oxygen atoms in total. The number of Topliss-reactive ketones (excluding diaryl/α,β-unsaturated/α-hetero) is 1. The van der Waals surface area contributed by atoms with Crippen LogP contribution in [0.15, 0.2) is 66.7 Å². The van der Waals surface area contributed by atoms with Crippen LogP contribution in [0.4, 0.5) is 10.5 Å². The van der Waals surface area contributed by atoms with Crippen LogP contribution >= 0.6 is 11.6 Å². The average molecular weight is 691 g/mol. The average Bonchev–Trinajstić information content (AvgIpc) is 3.26. The molecular weight excluding hydrogens is 648 g/mol. The minimum atomic E-state index is -1.84. The molecule has 0 saturated carbocycles. The SMILES string of the molecule is CCNC(=O)C(Oc1ccc(Cl)c(NC(=O)C(C(=O)C(C)(C)C)N2C(=O)C(OCC)N(Cc3ccccc3)C2=O)c1)c1ccc(C)cc1C. The first kappa shape index (κ1) is 37.1. The fourth-order valence-electron chi connectivity index (χ4n) is 5.49. The van der Waals surface area contributed by atoms with E-state index in [4.69, 9.17) is 21.1 Å². The van der Waals surface area contributed by atoms with E-state index < -0.39 is 47.4 Å². The highest BCUT2D eigenvalue weighted by Gasteiger charge is 2.54. The number of rotatable bonds is 13. The van der Waals surface area contributed by atoms with Crippen LogP contribution in [0, 0.1) is 19.3 Å². The summed E-state index contributed by atoms with van der Waals surface area (Å²) in [4.78, 5) is 70.7. The molecule has 0 aromatic heterocycles. The summed E-state index contributed by atoms with van der Waals surface area (Å²) in [5, 5.41) is 5.54. The molecule has 5 amide bonds. The Labute approximate surface area is 291 Å². The van der Waals surface area contributed by atoms with Gasteiger partial charge in [0, 0.05) is 30.2 Å². The Balaban J connectivity index is 1.68. The van der Waals surface area contributed by atoms with Crippen molar-refractivity contribution in [1.29, 1.82) is 0 Å². The first-order chi connectivity index (χ1) is 23.2. The summed E-state index contributed by atoms with van der Waals surface area (Å²) in [7, 11) is 0. The van der Waals surface area contributed by atoms with Gasteiger partial charge in [-0.25, -0.2) is 9.69 Å². The second-order valence-corrected chi connectivity index (χ2v) is 13.2. The van der Waals surface area contributed by atoms with Crippen LogP contribution in [0.5, 0.6) is 5.75 Å². The monoisotopic (exact) mass is 690 g/mol. The maximum atomic E-state index is 14.1. The molecule has 3 aromatic rings. The number of nitrogens with one attached hydrogen (secondary N) is 2. The summed E-state index contributed by atoms with van der Waals surface area (Å²) in [6, 6.07) is 16.4. The Hall–Kier alpha value is -4.74. The number of imide groups is 1. The third-order valence-electron chi connectivity index (χ3n) is 7.94.